The number of nitriles is 1. The Hall–Kier alpha value is -4.29. The van der Waals surface area contributed by atoms with Crippen LogP contribution in [0.15, 0.2) is 54.9 Å². The molecule has 2 aromatic carbocycles. The number of nitrogens with one attached hydrogen (secondary N) is 2. The van der Waals surface area contributed by atoms with Gasteiger partial charge >= 0.3 is 11.9 Å². The van der Waals surface area contributed by atoms with Gasteiger partial charge in [-0.1, -0.05) is 18.2 Å². The number of nitrogens with zero attached hydrogens (tertiary/aromatic N) is 3. The molecule has 3 heterocycles. The normalized spacial score (nSPS) is 13.9. The number of hydrogen-bond donors (Lipinski definition) is 4. The van der Waals surface area contributed by atoms with Crippen LogP contribution >= 0.6 is 0 Å². The zero-order chi connectivity index (χ0) is 24.1. The quantitative estimate of drug-likeness (QED) is 0.344. The van der Waals surface area contributed by atoms with E-state index in [9.17, 15) is 5.26 Å². The molecule has 1 fully saturated rings. The molecule has 2 aromatic heterocycles. The highest BCUT2D eigenvalue weighted by Crippen LogP contribution is 2.27. The monoisotopic (exact) mass is 459 g/mol. The van der Waals surface area contributed by atoms with Crippen molar-refractivity contribution < 1.29 is 19.8 Å². The Morgan fingerprint density at radius 3 is 2.38 bits per heavy atom. The minimum atomic E-state index is -1.82. The first-order chi connectivity index (χ1) is 16.5. The number of anilines is 1. The van der Waals surface area contributed by atoms with E-state index in [2.05, 4.69) is 62.4 Å². The Morgan fingerprint density at radius 2 is 1.68 bits per heavy atom. The van der Waals surface area contributed by atoms with Crippen LogP contribution in [0.5, 0.6) is 0 Å². The summed E-state index contributed by atoms with van der Waals surface area (Å²) in [6.45, 7) is 5.30. The number of para-hydroxylation sites is 1. The van der Waals surface area contributed by atoms with Gasteiger partial charge in [0.1, 0.15) is 6.07 Å². The van der Waals surface area contributed by atoms with Gasteiger partial charge in [-0.25, -0.2) is 9.59 Å². The van der Waals surface area contributed by atoms with Gasteiger partial charge in [-0.05, 0) is 36.2 Å². The molecule has 0 saturated carbocycles. The summed E-state index contributed by atoms with van der Waals surface area (Å²) >= 11 is 0. The van der Waals surface area contributed by atoms with Gasteiger partial charge in [-0.2, -0.15) is 5.26 Å². The van der Waals surface area contributed by atoms with E-state index < -0.39 is 11.9 Å². The second kappa shape index (κ2) is 10.1. The molecule has 0 unspecified atom stereocenters. The van der Waals surface area contributed by atoms with Crippen molar-refractivity contribution >= 4 is 39.4 Å². The summed E-state index contributed by atoms with van der Waals surface area (Å²) in [6.07, 6.45) is 5.08. The molecule has 0 radical (unpaired) electrons. The molecular formula is C25H25N5O4. The van der Waals surface area contributed by atoms with Crippen molar-refractivity contribution in [3.8, 4) is 6.07 Å². The topological polar surface area (TPSA) is 136 Å². The third kappa shape index (κ3) is 4.87. The number of fused-ring (bicyclic) bond motifs is 2. The van der Waals surface area contributed by atoms with Crippen LogP contribution in [0.4, 0.5) is 5.69 Å². The van der Waals surface area contributed by atoms with Crippen molar-refractivity contribution in [2.45, 2.75) is 6.42 Å². The van der Waals surface area contributed by atoms with E-state index in [4.69, 9.17) is 19.8 Å². The highest BCUT2D eigenvalue weighted by Gasteiger charge is 2.19. The van der Waals surface area contributed by atoms with Crippen LogP contribution in [0.3, 0.4) is 0 Å². The summed E-state index contributed by atoms with van der Waals surface area (Å²) in [5.41, 5.74) is 5.52. The number of H-pyrrole nitrogens is 2. The minimum absolute atomic E-state index is 0.719. The Bertz CT molecular complexity index is 1350. The van der Waals surface area contributed by atoms with E-state index in [-0.39, 0.29) is 0 Å². The SMILES string of the molecule is N#Cc1cccc2c(CCN3CCN(c4cccc5[nH]ccc45)CC3)c[nH]c12.O=C(O)C(=O)O. The lowest BCUT2D eigenvalue weighted by molar-refractivity contribution is -0.159. The highest BCUT2D eigenvalue weighted by molar-refractivity contribution is 6.27. The molecule has 0 spiro atoms. The van der Waals surface area contributed by atoms with Crippen molar-refractivity contribution in [3.05, 3.63) is 66.0 Å². The Labute approximate surface area is 195 Å². The standard InChI is InChI=1S/C23H23N5.C2H2O4/c24-15-17-3-1-4-19-18(16-26-23(17)19)8-10-27-11-13-28(14-12-27)22-6-2-5-21-20(22)7-9-25-21;3-1(4)2(5)6/h1-7,9,16,25-26H,8,10-14H2;(H,3,4)(H,5,6). The average molecular weight is 460 g/mol. The third-order valence-corrected chi connectivity index (χ3v) is 6.09. The molecule has 0 aliphatic carbocycles. The van der Waals surface area contributed by atoms with Crippen LogP contribution in [0.25, 0.3) is 21.8 Å². The molecule has 1 aliphatic heterocycles. The molecule has 4 aromatic rings. The summed E-state index contributed by atoms with van der Waals surface area (Å²) in [5.74, 6) is -3.65. The summed E-state index contributed by atoms with van der Waals surface area (Å²) < 4.78 is 0. The molecule has 4 N–H and O–H groups in total. The van der Waals surface area contributed by atoms with Gasteiger partial charge in [0.25, 0.3) is 0 Å². The largest absolute Gasteiger partial charge is 0.473 e. The van der Waals surface area contributed by atoms with Gasteiger partial charge in [0, 0.05) is 67.1 Å². The highest BCUT2D eigenvalue weighted by atomic mass is 16.4. The second-order valence-corrected chi connectivity index (χ2v) is 8.06. The van der Waals surface area contributed by atoms with Crippen LogP contribution in [0.1, 0.15) is 11.1 Å². The number of carboxylic acids is 2. The first-order valence-electron chi connectivity index (χ1n) is 11.0. The molecule has 1 aliphatic rings. The number of aromatic amines is 2. The first-order valence-corrected chi connectivity index (χ1v) is 11.0. The molecule has 34 heavy (non-hydrogen) atoms. The molecule has 0 amide bonds. The number of piperazine rings is 1. The van der Waals surface area contributed by atoms with Gasteiger partial charge in [-0.3, -0.25) is 4.90 Å². The van der Waals surface area contributed by atoms with E-state index in [1.54, 1.807) is 0 Å². The lowest BCUT2D eigenvalue weighted by Crippen LogP contribution is -2.47. The van der Waals surface area contributed by atoms with Gasteiger partial charge in [0.15, 0.2) is 0 Å². The van der Waals surface area contributed by atoms with E-state index >= 15 is 0 Å². The number of carboxylic acid groups (broad SMARTS) is 2. The van der Waals surface area contributed by atoms with Crippen molar-refractivity contribution in [2.24, 2.45) is 0 Å². The van der Waals surface area contributed by atoms with Gasteiger partial charge in [0.05, 0.1) is 11.1 Å². The molecule has 0 bridgehead atoms. The molecule has 9 heteroatoms. The molecule has 174 valence electrons. The maximum absolute atomic E-state index is 9.26. The third-order valence-electron chi connectivity index (χ3n) is 6.09. The van der Waals surface area contributed by atoms with E-state index in [0.29, 0.717) is 0 Å². The number of benzene rings is 2. The van der Waals surface area contributed by atoms with Crippen molar-refractivity contribution in [1.29, 1.82) is 5.26 Å². The van der Waals surface area contributed by atoms with Crippen LogP contribution < -0.4 is 4.90 Å². The van der Waals surface area contributed by atoms with Crippen LogP contribution in [0, 0.1) is 11.3 Å². The summed E-state index contributed by atoms with van der Waals surface area (Å²) in [5, 5.41) is 26.5. The fourth-order valence-electron chi connectivity index (χ4n) is 4.35. The summed E-state index contributed by atoms with van der Waals surface area (Å²) in [7, 11) is 0. The molecule has 5 rings (SSSR count). The molecular weight excluding hydrogens is 434 g/mol. The Kier molecular flexibility index (Phi) is 6.80. The number of hydrogen-bond acceptors (Lipinski definition) is 5. The lowest BCUT2D eigenvalue weighted by atomic mass is 10.1. The number of rotatable bonds is 4. The fourth-order valence-corrected chi connectivity index (χ4v) is 4.35. The van der Waals surface area contributed by atoms with E-state index in [0.717, 1.165) is 50.2 Å². The molecule has 9 nitrogen and oxygen atoms in total. The lowest BCUT2D eigenvalue weighted by Gasteiger charge is -2.36. The van der Waals surface area contributed by atoms with Crippen molar-refractivity contribution in [2.75, 3.05) is 37.6 Å². The molecule has 1 saturated heterocycles. The minimum Gasteiger partial charge on any atom is -0.473 e. The zero-order valence-electron chi connectivity index (χ0n) is 18.5. The predicted molar refractivity (Wildman–Crippen MR) is 129 cm³/mol. The van der Waals surface area contributed by atoms with Crippen LogP contribution in [-0.4, -0.2) is 69.7 Å². The summed E-state index contributed by atoms with van der Waals surface area (Å²) in [4.78, 5) is 29.8. The van der Waals surface area contributed by atoms with Crippen LogP contribution in [-0.2, 0) is 16.0 Å². The second-order valence-electron chi connectivity index (χ2n) is 8.06. The average Bonchev–Trinajstić information content (AvgIpc) is 3.50. The zero-order valence-corrected chi connectivity index (χ0v) is 18.5. The maximum Gasteiger partial charge on any atom is 0.414 e. The van der Waals surface area contributed by atoms with Crippen molar-refractivity contribution in [3.63, 3.8) is 0 Å². The van der Waals surface area contributed by atoms with Crippen LogP contribution in [0.2, 0.25) is 0 Å². The van der Waals surface area contributed by atoms with E-state index in [1.165, 1.54) is 27.5 Å². The Balaban J connectivity index is 0.000000408. The number of aromatic nitrogens is 2. The molecule has 0 atom stereocenters. The van der Waals surface area contributed by atoms with Gasteiger partial charge in [-0.15, -0.1) is 0 Å². The number of aliphatic carboxylic acids is 2. The van der Waals surface area contributed by atoms with E-state index in [1.807, 2.05) is 18.3 Å². The predicted octanol–water partition coefficient (Wildman–Crippen LogP) is 3.04. The number of carbonyl (C=O) groups is 2. The summed E-state index contributed by atoms with van der Waals surface area (Å²) in [6, 6.07) is 16.9. The first kappa shape index (κ1) is 22.9. The van der Waals surface area contributed by atoms with Gasteiger partial charge in [0.2, 0.25) is 0 Å². The smallest absolute Gasteiger partial charge is 0.414 e. The van der Waals surface area contributed by atoms with Crippen molar-refractivity contribution in [1.82, 2.24) is 14.9 Å². The Morgan fingerprint density at radius 1 is 0.941 bits per heavy atom. The van der Waals surface area contributed by atoms with Gasteiger partial charge < -0.3 is 25.1 Å². The fraction of sp³-hybridized carbons (Fsp3) is 0.240. The maximum atomic E-state index is 9.26.